The number of hydrogen-bond donors (Lipinski definition) is 0. The van der Waals surface area contributed by atoms with Crippen LogP contribution in [0.5, 0.6) is 0 Å². The Morgan fingerprint density at radius 1 is 1.30 bits per heavy atom. The lowest BCUT2D eigenvalue weighted by atomic mass is 10.1. The topological polar surface area (TPSA) is 6.48 Å². The molecule has 0 aliphatic carbocycles. The second kappa shape index (κ2) is 2.21. The van der Waals surface area contributed by atoms with E-state index in [0.29, 0.717) is 0 Å². The van der Waals surface area contributed by atoms with Crippen molar-refractivity contribution in [3.8, 4) is 0 Å². The number of likely N-dealkylation sites (N-methyl/N-ethyl adjacent to an activating group) is 1. The zero-order valence-electron chi connectivity index (χ0n) is 6.88. The van der Waals surface area contributed by atoms with Crippen LogP contribution in [0.1, 0.15) is 13.3 Å². The molecule has 0 radical (unpaired) electrons. The normalized spacial score (nSPS) is 42.6. The van der Waals surface area contributed by atoms with Gasteiger partial charge in [0.2, 0.25) is 0 Å². The van der Waals surface area contributed by atoms with Crippen LogP contribution in [0.15, 0.2) is 0 Å². The highest BCUT2D eigenvalue weighted by atomic mass is 15.4. The van der Waals surface area contributed by atoms with Crippen molar-refractivity contribution >= 4 is 0 Å². The molecular formula is C8H16N2. The minimum absolute atomic E-state index is 0.889. The van der Waals surface area contributed by atoms with E-state index >= 15 is 0 Å². The number of hydrogen-bond acceptors (Lipinski definition) is 2. The Labute approximate surface area is 62.8 Å². The Morgan fingerprint density at radius 3 is 2.80 bits per heavy atom. The molecule has 58 valence electrons. The maximum Gasteiger partial charge on any atom is 0.0507 e. The fourth-order valence-electron chi connectivity index (χ4n) is 2.33. The molecule has 0 N–H and O–H groups in total. The van der Waals surface area contributed by atoms with Gasteiger partial charge in [-0.1, -0.05) is 6.92 Å². The van der Waals surface area contributed by atoms with Crippen LogP contribution in [0.2, 0.25) is 0 Å². The number of fused-ring (bicyclic) bond motifs is 1. The summed E-state index contributed by atoms with van der Waals surface area (Å²) in [6.45, 7) is 6.19. The van der Waals surface area contributed by atoms with Gasteiger partial charge >= 0.3 is 0 Å². The van der Waals surface area contributed by atoms with E-state index in [9.17, 15) is 0 Å². The number of nitrogens with zero attached hydrogens (tertiary/aromatic N) is 2. The highest BCUT2D eigenvalue weighted by Gasteiger charge is 2.35. The van der Waals surface area contributed by atoms with Crippen molar-refractivity contribution in [2.24, 2.45) is 5.92 Å². The molecule has 2 atom stereocenters. The van der Waals surface area contributed by atoms with Crippen molar-refractivity contribution in [1.82, 2.24) is 9.80 Å². The Hall–Kier alpha value is -0.0800. The van der Waals surface area contributed by atoms with Gasteiger partial charge in [0.25, 0.3) is 0 Å². The average molecular weight is 140 g/mol. The molecule has 0 saturated carbocycles. The summed E-state index contributed by atoms with van der Waals surface area (Å²) in [7, 11) is 2.21. The van der Waals surface area contributed by atoms with E-state index in [4.69, 9.17) is 0 Å². The highest BCUT2D eigenvalue weighted by molar-refractivity contribution is 4.89. The summed E-state index contributed by atoms with van der Waals surface area (Å²) >= 11 is 0. The van der Waals surface area contributed by atoms with Gasteiger partial charge in [0.1, 0.15) is 0 Å². The molecule has 2 saturated heterocycles. The van der Waals surface area contributed by atoms with Crippen LogP contribution < -0.4 is 0 Å². The summed E-state index contributed by atoms with van der Waals surface area (Å²) in [6, 6.07) is 0.889. The van der Waals surface area contributed by atoms with Gasteiger partial charge < -0.3 is 0 Å². The van der Waals surface area contributed by atoms with Crippen molar-refractivity contribution in [1.29, 1.82) is 0 Å². The Morgan fingerprint density at radius 2 is 2.10 bits per heavy atom. The minimum atomic E-state index is 0.889. The van der Waals surface area contributed by atoms with Gasteiger partial charge in [-0.15, -0.1) is 0 Å². The maximum atomic E-state index is 2.60. The molecule has 2 rings (SSSR count). The summed E-state index contributed by atoms with van der Waals surface area (Å²) < 4.78 is 0. The molecule has 2 nitrogen and oxygen atoms in total. The molecule has 0 bridgehead atoms. The van der Waals surface area contributed by atoms with Gasteiger partial charge in [0, 0.05) is 19.1 Å². The first kappa shape index (κ1) is 6.62. The Bertz CT molecular complexity index is 107. The molecule has 2 aliphatic heterocycles. The maximum absolute atomic E-state index is 2.60. The summed E-state index contributed by atoms with van der Waals surface area (Å²) in [4.78, 5) is 5.02. The molecule has 0 spiro atoms. The average Bonchev–Trinajstić information content (AvgIpc) is 2.21. The van der Waals surface area contributed by atoms with E-state index < -0.39 is 0 Å². The van der Waals surface area contributed by atoms with Gasteiger partial charge in [0.05, 0.1) is 6.67 Å². The Kier molecular flexibility index (Phi) is 1.46. The van der Waals surface area contributed by atoms with Gasteiger partial charge in [-0.25, -0.2) is 0 Å². The van der Waals surface area contributed by atoms with E-state index in [1.54, 1.807) is 0 Å². The van der Waals surface area contributed by atoms with Crippen LogP contribution in [-0.4, -0.2) is 42.6 Å². The van der Waals surface area contributed by atoms with Crippen molar-refractivity contribution in [2.45, 2.75) is 19.4 Å². The van der Waals surface area contributed by atoms with Crippen LogP contribution in [0.25, 0.3) is 0 Å². The third-order valence-electron chi connectivity index (χ3n) is 2.68. The smallest absolute Gasteiger partial charge is 0.0507 e. The first-order valence-corrected chi connectivity index (χ1v) is 4.18. The van der Waals surface area contributed by atoms with Crippen molar-refractivity contribution in [2.75, 3.05) is 26.8 Å². The minimum Gasteiger partial charge on any atom is -0.292 e. The quantitative estimate of drug-likeness (QED) is 0.486. The van der Waals surface area contributed by atoms with E-state index in [0.717, 1.165) is 12.0 Å². The van der Waals surface area contributed by atoms with E-state index in [1.807, 2.05) is 0 Å². The van der Waals surface area contributed by atoms with Crippen molar-refractivity contribution in [3.05, 3.63) is 0 Å². The largest absolute Gasteiger partial charge is 0.292 e. The van der Waals surface area contributed by atoms with Crippen LogP contribution in [0.4, 0.5) is 0 Å². The van der Waals surface area contributed by atoms with Gasteiger partial charge in [-0.05, 0) is 19.4 Å². The molecule has 2 fully saturated rings. The van der Waals surface area contributed by atoms with Gasteiger partial charge in [-0.3, -0.25) is 9.80 Å². The second-order valence-corrected chi connectivity index (χ2v) is 3.95. The molecular weight excluding hydrogens is 124 g/mol. The summed E-state index contributed by atoms with van der Waals surface area (Å²) in [5.41, 5.74) is 0. The third kappa shape index (κ3) is 0.956. The number of rotatable bonds is 0. The lowest BCUT2D eigenvalue weighted by Crippen LogP contribution is -2.24. The van der Waals surface area contributed by atoms with Crippen LogP contribution in [0, 0.1) is 5.92 Å². The molecule has 2 heterocycles. The monoisotopic (exact) mass is 140 g/mol. The van der Waals surface area contributed by atoms with Crippen LogP contribution >= 0.6 is 0 Å². The molecule has 0 amide bonds. The molecule has 0 aromatic rings. The lowest BCUT2D eigenvalue weighted by molar-refractivity contribution is 0.271. The van der Waals surface area contributed by atoms with Crippen LogP contribution in [-0.2, 0) is 0 Å². The first-order valence-electron chi connectivity index (χ1n) is 4.18. The standard InChI is InChI=1S/C8H16N2/c1-7-3-8-5-9(2)6-10(8)4-7/h7-8H,3-6H2,1-2H3. The van der Waals surface area contributed by atoms with Gasteiger partial charge in [0.15, 0.2) is 0 Å². The highest BCUT2D eigenvalue weighted by Crippen LogP contribution is 2.26. The Balaban J connectivity index is 2.00. The third-order valence-corrected chi connectivity index (χ3v) is 2.68. The predicted molar refractivity (Wildman–Crippen MR) is 41.8 cm³/mol. The van der Waals surface area contributed by atoms with E-state index in [-0.39, 0.29) is 0 Å². The van der Waals surface area contributed by atoms with E-state index in [1.165, 1.54) is 26.2 Å². The molecule has 0 aromatic heterocycles. The summed E-state index contributed by atoms with van der Waals surface area (Å²) in [5, 5.41) is 0. The zero-order chi connectivity index (χ0) is 7.14. The first-order chi connectivity index (χ1) is 4.75. The zero-order valence-corrected chi connectivity index (χ0v) is 6.88. The molecule has 2 aliphatic rings. The summed E-state index contributed by atoms with van der Waals surface area (Å²) in [6.07, 6.45) is 1.42. The lowest BCUT2D eigenvalue weighted by Gasteiger charge is -2.12. The van der Waals surface area contributed by atoms with Crippen LogP contribution in [0.3, 0.4) is 0 Å². The SMILES string of the molecule is CC1CC2CN(C)CN2C1. The molecule has 2 heteroatoms. The molecule has 10 heavy (non-hydrogen) atoms. The van der Waals surface area contributed by atoms with Crippen molar-refractivity contribution in [3.63, 3.8) is 0 Å². The summed E-state index contributed by atoms with van der Waals surface area (Å²) in [5.74, 6) is 0.943. The fraction of sp³-hybridized carbons (Fsp3) is 1.00. The predicted octanol–water partition coefficient (Wildman–Crippen LogP) is 0.600. The second-order valence-electron chi connectivity index (χ2n) is 3.95. The van der Waals surface area contributed by atoms with Crippen molar-refractivity contribution < 1.29 is 0 Å². The molecule has 2 unspecified atom stereocenters. The molecule has 0 aromatic carbocycles. The fourth-order valence-corrected chi connectivity index (χ4v) is 2.33. The van der Waals surface area contributed by atoms with Gasteiger partial charge in [-0.2, -0.15) is 0 Å². The van der Waals surface area contributed by atoms with E-state index in [2.05, 4.69) is 23.8 Å².